The molecule has 0 spiro atoms. The molecule has 0 bridgehead atoms. The molecule has 0 aliphatic heterocycles. The predicted octanol–water partition coefficient (Wildman–Crippen LogP) is 2.21. The Labute approximate surface area is 152 Å². The van der Waals surface area contributed by atoms with Crippen molar-refractivity contribution in [3.63, 3.8) is 0 Å². The van der Waals surface area contributed by atoms with Crippen molar-refractivity contribution in [2.24, 2.45) is 0 Å². The summed E-state index contributed by atoms with van der Waals surface area (Å²) in [5.74, 6) is -0.367. The highest BCUT2D eigenvalue weighted by Gasteiger charge is 2.19. The van der Waals surface area contributed by atoms with Gasteiger partial charge in [-0.1, -0.05) is 10.9 Å². The van der Waals surface area contributed by atoms with E-state index in [1.165, 1.54) is 32.3 Å². The first-order valence-corrected chi connectivity index (χ1v) is 9.37. The third-order valence-electron chi connectivity index (χ3n) is 3.50. The maximum absolute atomic E-state index is 13.3. The van der Waals surface area contributed by atoms with Crippen molar-refractivity contribution in [2.75, 3.05) is 14.1 Å². The van der Waals surface area contributed by atoms with Gasteiger partial charge in [-0.15, -0.1) is 5.10 Å². The van der Waals surface area contributed by atoms with Gasteiger partial charge in [-0.2, -0.15) is 0 Å². The minimum atomic E-state index is -3.58. The second kappa shape index (κ2) is 6.70. The van der Waals surface area contributed by atoms with Gasteiger partial charge < -0.3 is 4.84 Å². The largest absolute Gasteiger partial charge is 0.390 e. The number of aromatic nitrogens is 3. The minimum Gasteiger partial charge on any atom is -0.390 e. The van der Waals surface area contributed by atoms with Gasteiger partial charge in [0.1, 0.15) is 23.5 Å². The number of benzene rings is 2. The first-order valence-electron chi connectivity index (χ1n) is 7.14. The fraction of sp³-hybridized carbons (Fsp3) is 0.200. The van der Waals surface area contributed by atoms with Gasteiger partial charge >= 0.3 is 0 Å². The summed E-state index contributed by atoms with van der Waals surface area (Å²) < 4.78 is 39.2. The highest BCUT2D eigenvalue weighted by Crippen LogP contribution is 2.20. The third-order valence-corrected chi connectivity index (χ3v) is 5.92. The van der Waals surface area contributed by atoms with Crippen LogP contribution in [0.25, 0.3) is 11.0 Å². The second-order valence-electron chi connectivity index (χ2n) is 5.42. The molecule has 132 valence electrons. The van der Waals surface area contributed by atoms with E-state index in [0.29, 0.717) is 21.1 Å². The Hall–Kier alpha value is -2.04. The lowest BCUT2D eigenvalue weighted by Gasteiger charge is -2.11. The monoisotopic (exact) mass is 428 g/mol. The van der Waals surface area contributed by atoms with Gasteiger partial charge in [0, 0.05) is 14.1 Å². The number of hydrogen-bond donors (Lipinski definition) is 0. The lowest BCUT2D eigenvalue weighted by atomic mass is 10.2. The molecule has 1 heterocycles. The van der Waals surface area contributed by atoms with Crippen LogP contribution >= 0.6 is 15.9 Å². The summed E-state index contributed by atoms with van der Waals surface area (Å²) in [5.41, 5.74) is 1.64. The molecule has 0 radical (unpaired) electrons. The van der Waals surface area contributed by atoms with Crippen molar-refractivity contribution >= 4 is 37.0 Å². The number of sulfonamides is 1. The number of hydrogen-bond acceptors (Lipinski definition) is 5. The third kappa shape index (κ3) is 3.51. The molecule has 0 atom stereocenters. The Bertz CT molecular complexity index is 1040. The second-order valence-corrected chi connectivity index (χ2v) is 8.43. The van der Waals surface area contributed by atoms with Gasteiger partial charge in [0.15, 0.2) is 0 Å². The lowest BCUT2D eigenvalue weighted by Crippen LogP contribution is -2.22. The van der Waals surface area contributed by atoms with E-state index in [1.54, 1.807) is 18.2 Å². The molecule has 3 rings (SSSR count). The molecular weight excluding hydrogens is 415 g/mol. The molecule has 0 aliphatic rings. The standard InChI is InChI=1S/C15H14BrFN4O3S/c1-20(2)25(22,23)11-4-6-14-15(8-11)21(19-18-14)24-9-10-3-5-13(17)12(16)7-10/h3-8H,9H2,1-2H3. The molecule has 25 heavy (non-hydrogen) atoms. The zero-order chi connectivity index (χ0) is 18.2. The Morgan fingerprint density at radius 2 is 2.00 bits per heavy atom. The minimum absolute atomic E-state index is 0.113. The lowest BCUT2D eigenvalue weighted by molar-refractivity contribution is 0.0750. The highest BCUT2D eigenvalue weighted by molar-refractivity contribution is 9.10. The number of nitrogens with zero attached hydrogens (tertiary/aromatic N) is 4. The number of rotatable bonds is 5. The quantitative estimate of drug-likeness (QED) is 0.622. The summed E-state index contributed by atoms with van der Waals surface area (Å²) in [5, 5.41) is 7.81. The van der Waals surface area contributed by atoms with Gasteiger partial charge in [0.05, 0.1) is 9.37 Å². The van der Waals surface area contributed by atoms with Crippen LogP contribution in [0, 0.1) is 5.82 Å². The van der Waals surface area contributed by atoms with E-state index >= 15 is 0 Å². The average molecular weight is 429 g/mol. The van der Waals surface area contributed by atoms with Crippen LogP contribution in [0.4, 0.5) is 4.39 Å². The van der Waals surface area contributed by atoms with Crippen molar-refractivity contribution in [3.05, 3.63) is 52.3 Å². The molecule has 2 aromatic carbocycles. The molecule has 0 amide bonds. The average Bonchev–Trinajstić information content (AvgIpc) is 2.98. The zero-order valence-corrected chi connectivity index (χ0v) is 15.8. The van der Waals surface area contributed by atoms with Gasteiger partial charge in [-0.25, -0.2) is 17.1 Å². The van der Waals surface area contributed by atoms with Crippen LogP contribution in [0.3, 0.4) is 0 Å². The predicted molar refractivity (Wildman–Crippen MR) is 92.8 cm³/mol. The normalized spacial score (nSPS) is 12.0. The molecule has 0 fully saturated rings. The van der Waals surface area contributed by atoms with Gasteiger partial charge in [0.25, 0.3) is 0 Å². The van der Waals surface area contributed by atoms with E-state index < -0.39 is 10.0 Å². The summed E-state index contributed by atoms with van der Waals surface area (Å²) in [6.07, 6.45) is 0. The molecule has 0 N–H and O–H groups in total. The Morgan fingerprint density at radius 1 is 1.24 bits per heavy atom. The molecule has 3 aromatic rings. The molecule has 0 saturated carbocycles. The van der Waals surface area contributed by atoms with E-state index in [-0.39, 0.29) is 17.3 Å². The van der Waals surface area contributed by atoms with Crippen molar-refractivity contribution in [1.82, 2.24) is 19.5 Å². The zero-order valence-electron chi connectivity index (χ0n) is 13.3. The molecule has 0 unspecified atom stereocenters. The van der Waals surface area contributed by atoms with Crippen LogP contribution in [-0.4, -0.2) is 42.0 Å². The first-order chi connectivity index (χ1) is 11.8. The maximum atomic E-state index is 13.3. The molecule has 0 aliphatic carbocycles. The topological polar surface area (TPSA) is 77.3 Å². The molecule has 1 aromatic heterocycles. The Kier molecular flexibility index (Phi) is 4.76. The summed E-state index contributed by atoms with van der Waals surface area (Å²) in [6.45, 7) is 0.113. The van der Waals surface area contributed by atoms with E-state index in [9.17, 15) is 12.8 Å². The molecule has 0 saturated heterocycles. The van der Waals surface area contributed by atoms with Crippen molar-refractivity contribution < 1.29 is 17.6 Å². The van der Waals surface area contributed by atoms with Crippen LogP contribution in [0.5, 0.6) is 0 Å². The van der Waals surface area contributed by atoms with Crippen LogP contribution < -0.4 is 4.84 Å². The van der Waals surface area contributed by atoms with Crippen LogP contribution in [-0.2, 0) is 16.6 Å². The number of fused-ring (bicyclic) bond motifs is 1. The molecular formula is C15H14BrFN4O3S. The molecule has 7 nitrogen and oxygen atoms in total. The first kappa shape index (κ1) is 17.8. The summed E-state index contributed by atoms with van der Waals surface area (Å²) in [4.78, 5) is 6.83. The fourth-order valence-electron chi connectivity index (χ4n) is 2.11. The van der Waals surface area contributed by atoms with E-state index in [0.717, 1.165) is 9.15 Å². The van der Waals surface area contributed by atoms with Crippen LogP contribution in [0.15, 0.2) is 45.8 Å². The van der Waals surface area contributed by atoms with Crippen molar-refractivity contribution in [3.8, 4) is 0 Å². The van der Waals surface area contributed by atoms with Gasteiger partial charge in [-0.3, -0.25) is 0 Å². The van der Waals surface area contributed by atoms with Crippen molar-refractivity contribution in [2.45, 2.75) is 11.5 Å². The fourth-order valence-corrected chi connectivity index (χ4v) is 3.46. The van der Waals surface area contributed by atoms with E-state index in [1.807, 2.05) is 0 Å². The Balaban J connectivity index is 1.90. The maximum Gasteiger partial charge on any atom is 0.242 e. The van der Waals surface area contributed by atoms with E-state index in [2.05, 4.69) is 26.2 Å². The van der Waals surface area contributed by atoms with Gasteiger partial charge in [0.2, 0.25) is 10.0 Å². The number of halogens is 2. The summed E-state index contributed by atoms with van der Waals surface area (Å²) in [6, 6.07) is 8.98. The smallest absolute Gasteiger partial charge is 0.242 e. The summed E-state index contributed by atoms with van der Waals surface area (Å²) in [7, 11) is -0.667. The Morgan fingerprint density at radius 3 is 2.68 bits per heavy atom. The van der Waals surface area contributed by atoms with Crippen LogP contribution in [0.1, 0.15) is 5.56 Å². The summed E-state index contributed by atoms with van der Waals surface area (Å²) >= 11 is 3.11. The van der Waals surface area contributed by atoms with Crippen molar-refractivity contribution in [1.29, 1.82) is 0 Å². The van der Waals surface area contributed by atoms with E-state index in [4.69, 9.17) is 4.84 Å². The van der Waals surface area contributed by atoms with Gasteiger partial charge in [-0.05, 0) is 57.0 Å². The molecule has 10 heteroatoms. The highest BCUT2D eigenvalue weighted by atomic mass is 79.9. The SMILES string of the molecule is CN(C)S(=O)(=O)c1ccc2nnn(OCc3ccc(F)c(Br)c3)c2c1. The van der Waals surface area contributed by atoms with Crippen LogP contribution in [0.2, 0.25) is 0 Å².